The first-order valence-electron chi connectivity index (χ1n) is 2.37. The highest BCUT2D eigenvalue weighted by Crippen LogP contribution is 1.96. The predicted octanol–water partition coefficient (Wildman–Crippen LogP) is -1.06. The van der Waals surface area contributed by atoms with Gasteiger partial charge in [-0.15, -0.1) is 0 Å². The maximum Gasteiger partial charge on any atom is 0.351 e. The Labute approximate surface area is 56.6 Å². The third kappa shape index (κ3) is 1.73. The zero-order valence-corrected chi connectivity index (χ0v) is 5.33. The Morgan fingerprint density at radius 3 is 1.90 bits per heavy atom. The van der Waals surface area contributed by atoms with Crippen LogP contribution in [-0.4, -0.2) is 10.8 Å². The van der Waals surface area contributed by atoms with E-state index in [0.29, 0.717) is 0 Å². The van der Waals surface area contributed by atoms with E-state index in [9.17, 15) is 14.9 Å². The topological polar surface area (TPSA) is 112 Å². The minimum atomic E-state index is -1.12. The number of hydrogen-bond donors (Lipinski definition) is 2. The van der Waals surface area contributed by atoms with Gasteiger partial charge in [-0.3, -0.25) is 14.9 Å². The van der Waals surface area contributed by atoms with E-state index in [0.717, 1.165) is 0 Å². The van der Waals surface area contributed by atoms with Crippen molar-refractivity contribution in [3.63, 3.8) is 0 Å². The van der Waals surface area contributed by atoms with Crippen molar-refractivity contribution in [2.24, 2.45) is 11.5 Å². The molecule has 0 radical (unpaired) electrons. The number of nitrogens with two attached hydrogens (primary N) is 2. The number of nitro groups is 1. The minimum Gasteiger partial charge on any atom is -0.397 e. The largest absolute Gasteiger partial charge is 0.397 e. The summed E-state index contributed by atoms with van der Waals surface area (Å²) in [5.41, 5.74) is 8.66. The Bertz CT molecular complexity index is 188. The predicted molar refractivity (Wildman–Crippen MR) is 33.1 cm³/mol. The SMILES string of the molecule is CC(N)=C(C(N)=O)[N+](=O)[O-]. The molecule has 0 aromatic carbocycles. The molecule has 0 rings (SSSR count). The summed E-state index contributed by atoms with van der Waals surface area (Å²) in [5, 5.41) is 9.95. The van der Waals surface area contributed by atoms with Gasteiger partial charge >= 0.3 is 11.6 Å². The van der Waals surface area contributed by atoms with Gasteiger partial charge in [-0.25, -0.2) is 0 Å². The van der Waals surface area contributed by atoms with Gasteiger partial charge in [0, 0.05) is 0 Å². The smallest absolute Gasteiger partial charge is 0.351 e. The van der Waals surface area contributed by atoms with Crippen LogP contribution < -0.4 is 11.5 Å². The van der Waals surface area contributed by atoms with Crippen molar-refractivity contribution in [3.8, 4) is 0 Å². The molecule has 0 saturated carbocycles. The first kappa shape index (κ1) is 8.41. The standard InChI is InChI=1S/C4H7N3O3/c1-2(5)3(4(6)8)7(9)10/h5H2,1H3,(H2,6,8). The lowest BCUT2D eigenvalue weighted by molar-refractivity contribution is -0.420. The van der Waals surface area contributed by atoms with E-state index in [1.54, 1.807) is 0 Å². The minimum absolute atomic E-state index is 0.183. The summed E-state index contributed by atoms with van der Waals surface area (Å²) in [7, 11) is 0. The second-order valence-electron chi connectivity index (χ2n) is 1.65. The summed E-state index contributed by atoms with van der Waals surface area (Å²) in [6, 6.07) is 0. The van der Waals surface area contributed by atoms with E-state index in [1.165, 1.54) is 6.92 Å². The number of carbonyl (C=O) groups is 1. The lowest BCUT2D eigenvalue weighted by atomic mass is 10.3. The van der Waals surface area contributed by atoms with E-state index in [2.05, 4.69) is 5.73 Å². The van der Waals surface area contributed by atoms with Gasteiger partial charge in [-0.1, -0.05) is 0 Å². The number of allylic oxidation sites excluding steroid dienone is 1. The molecule has 10 heavy (non-hydrogen) atoms. The molecule has 0 heterocycles. The Hall–Kier alpha value is -1.59. The summed E-state index contributed by atoms with van der Waals surface area (Å²) < 4.78 is 0. The second kappa shape index (κ2) is 2.81. The van der Waals surface area contributed by atoms with Gasteiger partial charge in [0.15, 0.2) is 0 Å². The molecule has 0 aliphatic heterocycles. The molecule has 0 spiro atoms. The Kier molecular flexibility index (Phi) is 2.36. The van der Waals surface area contributed by atoms with Crippen LogP contribution in [0.15, 0.2) is 11.4 Å². The molecule has 0 aromatic heterocycles. The lowest BCUT2D eigenvalue weighted by Crippen LogP contribution is -2.23. The van der Waals surface area contributed by atoms with Crippen LogP contribution in [0, 0.1) is 10.1 Å². The fourth-order valence-electron chi connectivity index (χ4n) is 0.428. The Balaban J connectivity index is 4.79. The maximum atomic E-state index is 10.2. The first-order valence-corrected chi connectivity index (χ1v) is 2.37. The summed E-state index contributed by atoms with van der Waals surface area (Å²) >= 11 is 0. The number of primary amides is 1. The number of nitrogens with zero attached hydrogens (tertiary/aromatic N) is 1. The van der Waals surface area contributed by atoms with Crippen molar-refractivity contribution in [1.82, 2.24) is 0 Å². The van der Waals surface area contributed by atoms with Gasteiger partial charge in [0.2, 0.25) is 0 Å². The first-order chi connectivity index (χ1) is 4.46. The zero-order valence-electron chi connectivity index (χ0n) is 5.33. The van der Waals surface area contributed by atoms with Crippen molar-refractivity contribution < 1.29 is 9.72 Å². The van der Waals surface area contributed by atoms with Crippen LogP contribution in [0.4, 0.5) is 0 Å². The van der Waals surface area contributed by atoms with Crippen molar-refractivity contribution in [1.29, 1.82) is 0 Å². The van der Waals surface area contributed by atoms with Crippen LogP contribution in [0.25, 0.3) is 0 Å². The quantitative estimate of drug-likeness (QED) is 0.293. The van der Waals surface area contributed by atoms with Crippen molar-refractivity contribution in [3.05, 3.63) is 21.5 Å². The summed E-state index contributed by atoms with van der Waals surface area (Å²) in [6.45, 7) is 1.24. The number of rotatable bonds is 2. The van der Waals surface area contributed by atoms with Crippen molar-refractivity contribution in [2.75, 3.05) is 0 Å². The molecule has 0 saturated heterocycles. The normalized spacial score (nSPS) is 12.1. The molecule has 6 heteroatoms. The molecule has 0 bridgehead atoms. The van der Waals surface area contributed by atoms with E-state index in [4.69, 9.17) is 5.73 Å². The average molecular weight is 145 g/mol. The molecule has 0 aliphatic carbocycles. The van der Waals surface area contributed by atoms with Gasteiger partial charge in [-0.05, 0) is 6.92 Å². The molecule has 0 aliphatic rings. The lowest BCUT2D eigenvalue weighted by Gasteiger charge is -1.92. The highest BCUT2D eigenvalue weighted by molar-refractivity contribution is 5.89. The molecular formula is C4H7N3O3. The van der Waals surface area contributed by atoms with Crippen molar-refractivity contribution >= 4 is 5.91 Å². The second-order valence-corrected chi connectivity index (χ2v) is 1.65. The van der Waals surface area contributed by atoms with Crippen molar-refractivity contribution in [2.45, 2.75) is 6.92 Å². The van der Waals surface area contributed by atoms with Gasteiger partial charge in [0.1, 0.15) is 0 Å². The molecule has 4 N–H and O–H groups in total. The van der Waals surface area contributed by atoms with E-state index >= 15 is 0 Å². The van der Waals surface area contributed by atoms with Crippen LogP contribution in [0.5, 0.6) is 0 Å². The van der Waals surface area contributed by atoms with Crippen LogP contribution in [0.2, 0.25) is 0 Å². The highest BCUT2D eigenvalue weighted by Gasteiger charge is 2.20. The molecule has 0 atom stereocenters. The molecule has 0 unspecified atom stereocenters. The number of carbonyl (C=O) groups excluding carboxylic acids is 1. The summed E-state index contributed by atoms with van der Waals surface area (Å²) in [6.07, 6.45) is 0. The van der Waals surface area contributed by atoms with Crippen LogP contribution >= 0.6 is 0 Å². The third-order valence-corrected chi connectivity index (χ3v) is 0.789. The fraction of sp³-hybridized carbons (Fsp3) is 0.250. The van der Waals surface area contributed by atoms with E-state index < -0.39 is 16.5 Å². The maximum absolute atomic E-state index is 10.2. The fourth-order valence-corrected chi connectivity index (χ4v) is 0.428. The third-order valence-electron chi connectivity index (χ3n) is 0.789. The van der Waals surface area contributed by atoms with Gasteiger partial charge in [0.05, 0.1) is 10.6 Å². The number of amides is 1. The number of hydrogen-bond acceptors (Lipinski definition) is 4. The Morgan fingerprint density at radius 2 is 1.90 bits per heavy atom. The van der Waals surface area contributed by atoms with Gasteiger partial charge in [-0.2, -0.15) is 0 Å². The van der Waals surface area contributed by atoms with E-state index in [-0.39, 0.29) is 5.70 Å². The monoisotopic (exact) mass is 145 g/mol. The molecule has 0 aromatic rings. The van der Waals surface area contributed by atoms with Crippen LogP contribution in [0.1, 0.15) is 6.92 Å². The van der Waals surface area contributed by atoms with Gasteiger partial charge in [0.25, 0.3) is 0 Å². The van der Waals surface area contributed by atoms with Gasteiger partial charge < -0.3 is 11.5 Å². The molecule has 6 nitrogen and oxygen atoms in total. The molecule has 56 valence electrons. The zero-order chi connectivity index (χ0) is 8.31. The summed E-state index contributed by atoms with van der Waals surface area (Å²) in [5.74, 6) is -1.12. The Morgan fingerprint density at radius 1 is 1.50 bits per heavy atom. The average Bonchev–Trinajstić information content (AvgIpc) is 1.59. The highest BCUT2D eigenvalue weighted by atomic mass is 16.6. The summed E-state index contributed by atoms with van der Waals surface area (Å²) in [4.78, 5) is 19.3. The van der Waals surface area contributed by atoms with Crippen LogP contribution in [0.3, 0.4) is 0 Å². The van der Waals surface area contributed by atoms with E-state index in [1.807, 2.05) is 0 Å². The molecule has 0 fully saturated rings. The van der Waals surface area contributed by atoms with Crippen LogP contribution in [-0.2, 0) is 4.79 Å². The molecule has 1 amide bonds. The molecular weight excluding hydrogens is 138 g/mol.